The molecule has 0 fully saturated rings. The van der Waals surface area contributed by atoms with Gasteiger partial charge in [-0.15, -0.1) is 0 Å². The summed E-state index contributed by atoms with van der Waals surface area (Å²) in [6.45, 7) is -26.5. The Bertz CT molecular complexity index is 4090. The average Bonchev–Trinajstić information content (AvgIpc) is 1.14. The molecular formula is C56H57N3O. The summed E-state index contributed by atoms with van der Waals surface area (Å²) in [5.74, 6) is -2.42. The van der Waals surface area contributed by atoms with Crippen LogP contribution in [0.25, 0.3) is 72.7 Å². The molecule has 1 N–H and O–H groups in total. The Kier molecular flexibility index (Phi) is 4.47. The summed E-state index contributed by atoms with van der Waals surface area (Å²) in [4.78, 5) is 9.20. The molecule has 2 heterocycles. The van der Waals surface area contributed by atoms with Gasteiger partial charge in [-0.25, -0.2) is 4.98 Å². The molecule has 0 spiro atoms. The first-order valence-corrected chi connectivity index (χ1v) is 18.6. The number of aryl methyl sites for hydroxylation is 1. The van der Waals surface area contributed by atoms with Crippen LogP contribution in [0.3, 0.4) is 0 Å². The van der Waals surface area contributed by atoms with E-state index in [4.69, 9.17) is 46.1 Å². The Hall–Kier alpha value is -6.26. The zero-order valence-electron chi connectivity index (χ0n) is 63.5. The van der Waals surface area contributed by atoms with E-state index in [-0.39, 0.29) is 45.2 Å². The van der Waals surface area contributed by atoms with Gasteiger partial charge >= 0.3 is 0 Å². The Morgan fingerprint density at radius 2 is 1.35 bits per heavy atom. The fourth-order valence-corrected chi connectivity index (χ4v) is 6.97. The molecule has 0 bridgehead atoms. The van der Waals surface area contributed by atoms with E-state index in [9.17, 15) is 6.48 Å². The molecule has 0 aliphatic carbocycles. The molecule has 4 heteroatoms. The molecule has 0 aliphatic heterocycles. The van der Waals surface area contributed by atoms with Crippen molar-refractivity contribution < 1.29 is 47.6 Å². The second-order valence-corrected chi connectivity index (χ2v) is 15.5. The lowest BCUT2D eigenvalue weighted by Gasteiger charge is -2.27. The van der Waals surface area contributed by atoms with Crippen molar-refractivity contribution in [2.75, 3.05) is 0 Å². The van der Waals surface area contributed by atoms with E-state index in [1.165, 1.54) is 42.5 Å². The third kappa shape index (κ3) is 7.79. The minimum atomic E-state index is -4.33. The summed E-state index contributed by atoms with van der Waals surface area (Å²) < 4.78 is 271. The lowest BCUT2D eigenvalue weighted by molar-refractivity contribution is 0.446. The Morgan fingerprint density at radius 1 is 0.600 bits per heavy atom. The molecule has 2 aromatic heterocycles. The topological polar surface area (TPSA) is 50.9 Å². The van der Waals surface area contributed by atoms with Crippen molar-refractivity contribution in [2.24, 2.45) is 0 Å². The Morgan fingerprint density at radius 3 is 2.07 bits per heavy atom. The molecule has 6 aromatic carbocycles. The van der Waals surface area contributed by atoms with E-state index in [2.05, 4.69) is 4.98 Å². The van der Waals surface area contributed by atoms with Gasteiger partial charge in [-0.3, -0.25) is 9.55 Å². The van der Waals surface area contributed by atoms with Crippen LogP contribution in [-0.4, -0.2) is 19.6 Å². The number of phenolic OH excluding ortho intramolecular Hbond substituents is 1. The minimum absolute atomic E-state index is 0.00458. The molecule has 8 aromatic rings. The average molecular weight is 819 g/mol. The van der Waals surface area contributed by atoms with Crippen molar-refractivity contribution in [3.05, 3.63) is 167 Å². The number of nitrogens with zero attached hydrogens (tertiary/aromatic N) is 3. The summed E-state index contributed by atoms with van der Waals surface area (Å²) in [6.07, 6.45) is -0.824. The Labute approximate surface area is 400 Å². The number of imidazole rings is 1. The predicted molar refractivity (Wildman–Crippen MR) is 253 cm³/mol. The van der Waals surface area contributed by atoms with Crippen LogP contribution in [0.4, 0.5) is 0 Å². The van der Waals surface area contributed by atoms with Crippen LogP contribution in [0, 0.1) is 13.7 Å². The molecule has 0 unspecified atom stereocenters. The molecule has 8 rings (SSSR count). The van der Waals surface area contributed by atoms with Crippen molar-refractivity contribution >= 4 is 11.0 Å². The van der Waals surface area contributed by atoms with Crippen molar-refractivity contribution in [1.29, 1.82) is 0 Å². The Balaban J connectivity index is 1.62. The molecular weight excluding hydrogens is 731 g/mol. The molecule has 0 saturated carbocycles. The number of aromatic hydroxyl groups is 1. The van der Waals surface area contributed by atoms with Gasteiger partial charge in [0.1, 0.15) is 11.6 Å². The van der Waals surface area contributed by atoms with Gasteiger partial charge in [-0.2, -0.15) is 0 Å². The van der Waals surface area contributed by atoms with Crippen LogP contribution in [0.1, 0.15) is 132 Å². The molecule has 0 radical (unpaired) electrons. The number of aromatic nitrogens is 3. The smallest absolute Gasteiger partial charge is 0.149 e. The van der Waals surface area contributed by atoms with Gasteiger partial charge in [0, 0.05) is 55.8 Å². The summed E-state index contributed by atoms with van der Waals surface area (Å²) in [5, 5.41) is 13.0. The number of hydrogen-bond acceptors (Lipinski definition) is 3. The monoisotopic (exact) mass is 819 g/mol. The lowest BCUT2D eigenvalue weighted by atomic mass is 9.79. The SMILES string of the molecule is [2H]c1nc(-c2cc(-c3cccc4c3nc(-c3cc(C(C([2H])([2H])[2H])(C([2H])([2H])[2H])C([2H])([2H])[2H])cc(C(C([2H])([2H])[2H])(C([2H])([2H])[2H])C([2H])([2H])[2H])c3O)n4-c3ccc(-c4ccccc4)cc3C([2H])([2H])[2H])cc(C(C)(C)C)c2)c([2H])c(-c2c([2H])c([2H])c(C([2H])([2H])[2H])c([2H])c2[2H])c1[2H]. The van der Waals surface area contributed by atoms with Gasteiger partial charge in [-0.1, -0.05) is 152 Å². The van der Waals surface area contributed by atoms with Crippen LogP contribution in [-0.2, 0) is 16.2 Å². The standard InChI is InChI=1S/C56H57N3O/c1-35-20-22-38(23-21-35)40-26-27-57-48(32-40)42-29-41(30-43(31-42)54(3,4)5)45-18-15-19-50-51(45)58-53(46-33-44(55(6,7)8)34-47(52(46)60)56(9,10)11)59(50)49-25-24-39(28-36(49)2)37-16-13-12-14-17-37/h12-34,60H,1-11H3/i1D3,2D3,6D3,7D3,8D3,9D3,10D3,11D3,20D,21D,22D,23D,26D,27D,32D. The summed E-state index contributed by atoms with van der Waals surface area (Å²) in [5.41, 5.74) is -16.0. The second-order valence-electron chi connectivity index (χ2n) is 15.5. The van der Waals surface area contributed by atoms with E-state index >= 15 is 0 Å². The van der Waals surface area contributed by atoms with Crippen LogP contribution in [0.5, 0.6) is 5.75 Å². The third-order valence-electron chi connectivity index (χ3n) is 10.1. The zero-order valence-corrected chi connectivity index (χ0v) is 32.5. The first-order chi connectivity index (χ1) is 41.2. The van der Waals surface area contributed by atoms with Crippen molar-refractivity contribution in [1.82, 2.24) is 14.5 Å². The summed E-state index contributed by atoms with van der Waals surface area (Å²) in [7, 11) is 0. The number of pyridine rings is 1. The molecule has 60 heavy (non-hydrogen) atoms. The van der Waals surface area contributed by atoms with E-state index in [0.717, 1.165) is 4.57 Å². The van der Waals surface area contributed by atoms with Crippen LogP contribution < -0.4 is 0 Å². The summed E-state index contributed by atoms with van der Waals surface area (Å²) >= 11 is 0. The first kappa shape index (κ1) is 17.8. The van der Waals surface area contributed by atoms with Crippen LogP contribution in [0.15, 0.2) is 139 Å². The highest BCUT2D eigenvalue weighted by atomic mass is 16.3. The van der Waals surface area contributed by atoms with E-state index in [1.807, 2.05) is 0 Å². The fraction of sp³-hybridized carbons (Fsp3) is 0.250. The van der Waals surface area contributed by atoms with E-state index < -0.39 is 164 Å². The number of phenols is 1. The van der Waals surface area contributed by atoms with Gasteiger partial charge in [-0.05, 0) is 123 Å². The van der Waals surface area contributed by atoms with Gasteiger partial charge in [0.25, 0.3) is 0 Å². The van der Waals surface area contributed by atoms with Gasteiger partial charge in [0.2, 0.25) is 0 Å². The lowest BCUT2D eigenvalue weighted by Crippen LogP contribution is -2.17. The highest BCUT2D eigenvalue weighted by Crippen LogP contribution is 2.45. The minimum Gasteiger partial charge on any atom is -0.507 e. The maximum absolute atomic E-state index is 13.0. The predicted octanol–water partition coefficient (Wildman–Crippen LogP) is 15.0. The van der Waals surface area contributed by atoms with Gasteiger partial charge < -0.3 is 5.11 Å². The van der Waals surface area contributed by atoms with Crippen LogP contribution in [0.2, 0.25) is 0 Å². The highest BCUT2D eigenvalue weighted by Gasteiger charge is 2.29. The molecule has 0 saturated heterocycles. The van der Waals surface area contributed by atoms with Crippen molar-refractivity contribution in [2.45, 2.75) is 91.8 Å². The van der Waals surface area contributed by atoms with Crippen LogP contribution >= 0.6 is 0 Å². The highest BCUT2D eigenvalue weighted by molar-refractivity contribution is 5.97. The maximum atomic E-state index is 13.0. The number of benzene rings is 6. The third-order valence-corrected chi connectivity index (χ3v) is 10.1. The first-order valence-electron chi connectivity index (χ1n) is 34.1. The fourth-order valence-electron chi connectivity index (χ4n) is 6.97. The van der Waals surface area contributed by atoms with Crippen molar-refractivity contribution in [3.8, 4) is 67.5 Å². The zero-order chi connectivity index (χ0) is 68.8. The molecule has 302 valence electrons. The molecule has 0 atom stereocenters. The number of para-hydroxylation sites is 1. The molecule has 0 amide bonds. The maximum Gasteiger partial charge on any atom is 0.149 e. The molecule has 0 aliphatic rings. The number of rotatable bonds is 6. The quantitative estimate of drug-likeness (QED) is 0.182. The van der Waals surface area contributed by atoms with E-state index in [0.29, 0.717) is 22.8 Å². The largest absolute Gasteiger partial charge is 0.507 e. The summed E-state index contributed by atoms with van der Waals surface area (Å²) in [6, 6.07) is 16.5. The van der Waals surface area contributed by atoms with Crippen molar-refractivity contribution in [3.63, 3.8) is 0 Å². The van der Waals surface area contributed by atoms with E-state index in [1.54, 1.807) is 63.2 Å². The number of fused-ring (bicyclic) bond motifs is 1. The second kappa shape index (κ2) is 15.1. The van der Waals surface area contributed by atoms with Gasteiger partial charge in [0.15, 0.2) is 0 Å². The van der Waals surface area contributed by atoms with Gasteiger partial charge in [0.05, 0.1) is 37.6 Å². The number of hydrogen-bond donors (Lipinski definition) is 1. The molecule has 4 nitrogen and oxygen atoms in total. The normalized spacial score (nSPS) is 21.6.